The monoisotopic (exact) mass is 277 g/mol. The van der Waals surface area contributed by atoms with Crippen molar-refractivity contribution in [3.8, 4) is 11.5 Å². The Morgan fingerprint density at radius 1 is 1.10 bits per heavy atom. The first kappa shape index (κ1) is 14.2. The summed E-state index contributed by atoms with van der Waals surface area (Å²) < 4.78 is 15.8. The lowest BCUT2D eigenvalue weighted by Gasteiger charge is -2.13. The Kier molecular flexibility index (Phi) is 4.81. The molecule has 0 saturated heterocycles. The van der Waals surface area contributed by atoms with Gasteiger partial charge in [0.25, 0.3) is 0 Å². The summed E-state index contributed by atoms with van der Waals surface area (Å²) in [5.41, 5.74) is 2.50. The van der Waals surface area contributed by atoms with Gasteiger partial charge in [-0.15, -0.1) is 0 Å². The lowest BCUT2D eigenvalue weighted by molar-refractivity contribution is 0.288. The highest BCUT2D eigenvalue weighted by atomic mass is 16.6. The topological polar surface area (TPSA) is 69.4 Å². The summed E-state index contributed by atoms with van der Waals surface area (Å²) in [5, 5.41) is 10.8. The third-order valence-electron chi connectivity index (χ3n) is 2.75. The van der Waals surface area contributed by atoms with Crippen LogP contribution in [0.5, 0.6) is 11.5 Å². The van der Waals surface area contributed by atoms with E-state index in [0.29, 0.717) is 19.8 Å². The number of rotatable bonds is 7. The molecule has 1 aromatic heterocycles. The predicted molar refractivity (Wildman–Crippen MR) is 75.1 cm³/mol. The second-order valence-corrected chi connectivity index (χ2v) is 4.18. The number of hydrogen-bond acceptors (Lipinski definition) is 6. The van der Waals surface area contributed by atoms with Crippen molar-refractivity contribution in [3.05, 3.63) is 29.6 Å². The number of nitrogens with one attached hydrogen (secondary N) is 1. The molecular weight excluding hydrogens is 258 g/mol. The molecule has 1 aromatic carbocycles. The SMILES string of the molecule is CCOc1ccc(NCc2nonc2C)cc1OCC. The van der Waals surface area contributed by atoms with E-state index in [9.17, 15) is 0 Å². The molecule has 0 amide bonds. The maximum absolute atomic E-state index is 5.58. The van der Waals surface area contributed by atoms with E-state index in [2.05, 4.69) is 20.3 Å². The second-order valence-electron chi connectivity index (χ2n) is 4.18. The highest BCUT2D eigenvalue weighted by molar-refractivity contribution is 5.54. The van der Waals surface area contributed by atoms with Gasteiger partial charge in [0.15, 0.2) is 11.5 Å². The van der Waals surface area contributed by atoms with Gasteiger partial charge < -0.3 is 14.8 Å². The van der Waals surface area contributed by atoms with Crippen molar-refractivity contribution in [1.82, 2.24) is 10.3 Å². The summed E-state index contributed by atoms with van der Waals surface area (Å²) in [6, 6.07) is 5.75. The van der Waals surface area contributed by atoms with Crippen molar-refractivity contribution in [1.29, 1.82) is 0 Å². The molecule has 0 saturated carbocycles. The highest BCUT2D eigenvalue weighted by Crippen LogP contribution is 2.30. The van der Waals surface area contributed by atoms with Crippen LogP contribution in [0.25, 0.3) is 0 Å². The molecule has 0 radical (unpaired) electrons. The second kappa shape index (κ2) is 6.79. The minimum Gasteiger partial charge on any atom is -0.490 e. The van der Waals surface area contributed by atoms with Crippen LogP contribution in [0.1, 0.15) is 25.2 Å². The Labute approximate surface area is 118 Å². The predicted octanol–water partition coefficient (Wildman–Crippen LogP) is 2.79. The van der Waals surface area contributed by atoms with E-state index in [1.54, 1.807) is 0 Å². The summed E-state index contributed by atoms with van der Waals surface area (Å²) in [7, 11) is 0. The Balaban J connectivity index is 2.08. The van der Waals surface area contributed by atoms with Crippen LogP contribution < -0.4 is 14.8 Å². The van der Waals surface area contributed by atoms with E-state index in [-0.39, 0.29) is 0 Å². The number of nitrogens with zero attached hydrogens (tertiary/aromatic N) is 2. The molecular formula is C14H19N3O3. The minimum absolute atomic E-state index is 0.550. The Morgan fingerprint density at radius 3 is 2.50 bits per heavy atom. The lowest BCUT2D eigenvalue weighted by Crippen LogP contribution is -2.03. The first-order chi connectivity index (χ1) is 9.74. The highest BCUT2D eigenvalue weighted by Gasteiger charge is 2.08. The van der Waals surface area contributed by atoms with Gasteiger partial charge in [-0.05, 0) is 32.9 Å². The van der Waals surface area contributed by atoms with Gasteiger partial charge >= 0.3 is 0 Å². The number of anilines is 1. The molecule has 0 aliphatic carbocycles. The zero-order valence-corrected chi connectivity index (χ0v) is 12.0. The van der Waals surface area contributed by atoms with E-state index in [4.69, 9.17) is 9.47 Å². The Hall–Kier alpha value is -2.24. The molecule has 0 aliphatic heterocycles. The van der Waals surface area contributed by atoms with Crippen LogP contribution in [0.4, 0.5) is 5.69 Å². The van der Waals surface area contributed by atoms with Crippen LogP contribution in [-0.2, 0) is 6.54 Å². The maximum atomic E-state index is 5.58. The summed E-state index contributed by atoms with van der Waals surface area (Å²) in [6.07, 6.45) is 0. The molecule has 0 aliphatic rings. The summed E-state index contributed by atoms with van der Waals surface area (Å²) >= 11 is 0. The third kappa shape index (κ3) is 3.40. The van der Waals surface area contributed by atoms with Crippen molar-refractivity contribution >= 4 is 5.69 Å². The number of ether oxygens (including phenoxy) is 2. The van der Waals surface area contributed by atoms with E-state index in [1.807, 2.05) is 39.0 Å². The standard InChI is InChI=1S/C14H19N3O3/c1-4-18-13-7-6-11(8-14(13)19-5-2)15-9-12-10(3)16-20-17-12/h6-8,15H,4-5,9H2,1-3H3. The summed E-state index contributed by atoms with van der Waals surface area (Å²) in [5.74, 6) is 1.48. The molecule has 1 heterocycles. The normalized spacial score (nSPS) is 10.3. The van der Waals surface area contributed by atoms with Crippen LogP contribution in [0.2, 0.25) is 0 Å². The van der Waals surface area contributed by atoms with Gasteiger partial charge in [0.1, 0.15) is 11.4 Å². The molecule has 0 unspecified atom stereocenters. The van der Waals surface area contributed by atoms with Gasteiger partial charge in [0, 0.05) is 11.8 Å². The molecule has 6 nitrogen and oxygen atoms in total. The van der Waals surface area contributed by atoms with Crippen molar-refractivity contribution < 1.29 is 14.1 Å². The van der Waals surface area contributed by atoms with Gasteiger partial charge in [-0.25, -0.2) is 4.63 Å². The first-order valence-electron chi connectivity index (χ1n) is 6.66. The van der Waals surface area contributed by atoms with Crippen molar-refractivity contribution in [2.45, 2.75) is 27.3 Å². The zero-order chi connectivity index (χ0) is 14.4. The van der Waals surface area contributed by atoms with E-state index < -0.39 is 0 Å². The maximum Gasteiger partial charge on any atom is 0.163 e. The minimum atomic E-state index is 0.550. The van der Waals surface area contributed by atoms with Gasteiger partial charge in [-0.2, -0.15) is 0 Å². The summed E-state index contributed by atoms with van der Waals surface area (Å²) in [4.78, 5) is 0. The number of aryl methyl sites for hydroxylation is 1. The largest absolute Gasteiger partial charge is 0.490 e. The van der Waals surface area contributed by atoms with Crippen molar-refractivity contribution in [2.24, 2.45) is 0 Å². The van der Waals surface area contributed by atoms with E-state index in [1.165, 1.54) is 0 Å². The summed E-state index contributed by atoms with van der Waals surface area (Å²) in [6.45, 7) is 7.50. The average Bonchev–Trinajstić information content (AvgIpc) is 2.85. The van der Waals surface area contributed by atoms with Crippen LogP contribution in [0.3, 0.4) is 0 Å². The van der Waals surface area contributed by atoms with Gasteiger partial charge in [-0.3, -0.25) is 0 Å². The van der Waals surface area contributed by atoms with Gasteiger partial charge in [-0.1, -0.05) is 10.3 Å². The fourth-order valence-corrected chi connectivity index (χ4v) is 1.76. The smallest absolute Gasteiger partial charge is 0.163 e. The van der Waals surface area contributed by atoms with Crippen LogP contribution in [-0.4, -0.2) is 23.5 Å². The average molecular weight is 277 g/mol. The van der Waals surface area contributed by atoms with Crippen molar-refractivity contribution in [3.63, 3.8) is 0 Å². The Morgan fingerprint density at radius 2 is 1.85 bits per heavy atom. The number of benzene rings is 1. The quantitative estimate of drug-likeness (QED) is 0.839. The molecule has 108 valence electrons. The molecule has 0 fully saturated rings. The van der Waals surface area contributed by atoms with E-state index >= 15 is 0 Å². The van der Waals surface area contributed by atoms with Crippen LogP contribution in [0, 0.1) is 6.92 Å². The molecule has 1 N–H and O–H groups in total. The Bertz CT molecular complexity index is 554. The fourth-order valence-electron chi connectivity index (χ4n) is 1.76. The van der Waals surface area contributed by atoms with E-state index in [0.717, 1.165) is 28.6 Å². The molecule has 2 aromatic rings. The van der Waals surface area contributed by atoms with Crippen LogP contribution >= 0.6 is 0 Å². The fraction of sp³-hybridized carbons (Fsp3) is 0.429. The van der Waals surface area contributed by atoms with Crippen molar-refractivity contribution in [2.75, 3.05) is 18.5 Å². The van der Waals surface area contributed by atoms with Crippen LogP contribution in [0.15, 0.2) is 22.8 Å². The molecule has 6 heteroatoms. The first-order valence-corrected chi connectivity index (χ1v) is 6.66. The number of aromatic nitrogens is 2. The number of hydrogen-bond donors (Lipinski definition) is 1. The zero-order valence-electron chi connectivity index (χ0n) is 12.0. The third-order valence-corrected chi connectivity index (χ3v) is 2.75. The van der Waals surface area contributed by atoms with Gasteiger partial charge in [0.2, 0.25) is 0 Å². The molecule has 20 heavy (non-hydrogen) atoms. The lowest BCUT2D eigenvalue weighted by atomic mass is 10.2. The molecule has 0 atom stereocenters. The molecule has 0 bridgehead atoms. The molecule has 2 rings (SSSR count). The van der Waals surface area contributed by atoms with Gasteiger partial charge in [0.05, 0.1) is 19.8 Å². The molecule has 0 spiro atoms.